The van der Waals surface area contributed by atoms with Crippen molar-refractivity contribution in [3.05, 3.63) is 28.8 Å². The zero-order valence-electron chi connectivity index (χ0n) is 11.7. The van der Waals surface area contributed by atoms with Gasteiger partial charge in [-0.15, -0.1) is 0 Å². The maximum Gasteiger partial charge on any atom is 0.253 e. The number of likely N-dealkylation sites (N-methyl/N-ethyl adjacent to an activating group) is 1. The number of carbonyl (C=O) groups excluding carboxylic acids is 1. The van der Waals surface area contributed by atoms with Crippen LogP contribution < -0.4 is 16.6 Å². The summed E-state index contributed by atoms with van der Waals surface area (Å²) in [6.07, 6.45) is 2.12. The lowest BCUT2D eigenvalue weighted by Crippen LogP contribution is -2.47. The molecule has 4 N–H and O–H groups in total. The van der Waals surface area contributed by atoms with E-state index in [1.54, 1.807) is 18.2 Å². The molecule has 0 aliphatic carbocycles. The highest BCUT2D eigenvalue weighted by Crippen LogP contribution is 2.20. The average Bonchev–Trinajstić information content (AvgIpc) is 2.47. The Balaban J connectivity index is 2.06. The minimum Gasteiger partial charge on any atom is -0.348 e. The first-order valence-electron chi connectivity index (χ1n) is 6.93. The van der Waals surface area contributed by atoms with Crippen LogP contribution >= 0.6 is 11.6 Å². The number of nitrogens with zero attached hydrogens (tertiary/aromatic N) is 1. The van der Waals surface area contributed by atoms with Crippen molar-refractivity contribution in [3.63, 3.8) is 0 Å². The number of halogens is 1. The fourth-order valence-corrected chi connectivity index (χ4v) is 2.73. The number of anilines is 1. The molecule has 1 fully saturated rings. The molecule has 0 bridgehead atoms. The van der Waals surface area contributed by atoms with E-state index >= 15 is 0 Å². The van der Waals surface area contributed by atoms with Crippen LogP contribution in [0.3, 0.4) is 0 Å². The Kier molecular flexibility index (Phi) is 5.23. The highest BCUT2D eigenvalue weighted by molar-refractivity contribution is 6.31. The van der Waals surface area contributed by atoms with Crippen molar-refractivity contribution < 1.29 is 4.79 Å². The topological polar surface area (TPSA) is 70.4 Å². The number of likely N-dealkylation sites (tertiary alicyclic amines) is 1. The summed E-state index contributed by atoms with van der Waals surface area (Å²) in [7, 11) is 0. The molecule has 0 spiro atoms. The Morgan fingerprint density at radius 2 is 2.35 bits per heavy atom. The van der Waals surface area contributed by atoms with Crippen molar-refractivity contribution in [2.75, 3.05) is 25.1 Å². The van der Waals surface area contributed by atoms with Crippen LogP contribution in [0.25, 0.3) is 0 Å². The van der Waals surface area contributed by atoms with Gasteiger partial charge in [0, 0.05) is 17.6 Å². The number of hydrogen-bond donors (Lipinski definition) is 3. The molecule has 1 atom stereocenters. The first-order valence-corrected chi connectivity index (χ1v) is 7.31. The van der Waals surface area contributed by atoms with E-state index in [4.69, 9.17) is 17.4 Å². The zero-order valence-corrected chi connectivity index (χ0v) is 12.4. The van der Waals surface area contributed by atoms with Gasteiger partial charge >= 0.3 is 0 Å². The van der Waals surface area contributed by atoms with E-state index in [-0.39, 0.29) is 11.9 Å². The first-order chi connectivity index (χ1) is 9.63. The maximum atomic E-state index is 12.4. The summed E-state index contributed by atoms with van der Waals surface area (Å²) in [5.74, 6) is 5.30. The minimum absolute atomic E-state index is 0.136. The molecular weight excluding hydrogens is 276 g/mol. The monoisotopic (exact) mass is 296 g/mol. The number of benzene rings is 1. The van der Waals surface area contributed by atoms with Crippen molar-refractivity contribution >= 4 is 23.2 Å². The van der Waals surface area contributed by atoms with E-state index in [1.807, 2.05) is 0 Å². The number of amides is 1. The summed E-state index contributed by atoms with van der Waals surface area (Å²) < 4.78 is 0. The van der Waals surface area contributed by atoms with Gasteiger partial charge in [0.05, 0.1) is 11.3 Å². The van der Waals surface area contributed by atoms with Gasteiger partial charge < -0.3 is 15.6 Å². The Hall–Kier alpha value is -1.30. The quantitative estimate of drug-likeness (QED) is 0.586. The highest BCUT2D eigenvalue weighted by atomic mass is 35.5. The normalized spacial score (nSPS) is 19.6. The molecule has 1 saturated heterocycles. The smallest absolute Gasteiger partial charge is 0.253 e. The van der Waals surface area contributed by atoms with Gasteiger partial charge in [-0.25, -0.2) is 0 Å². The van der Waals surface area contributed by atoms with E-state index in [0.717, 1.165) is 32.5 Å². The van der Waals surface area contributed by atoms with E-state index in [0.29, 0.717) is 16.3 Å². The van der Waals surface area contributed by atoms with Crippen molar-refractivity contribution in [2.24, 2.45) is 5.84 Å². The summed E-state index contributed by atoms with van der Waals surface area (Å²) in [5, 5.41) is 3.59. The van der Waals surface area contributed by atoms with Gasteiger partial charge in [0.15, 0.2) is 0 Å². The molecule has 5 nitrogen and oxygen atoms in total. The van der Waals surface area contributed by atoms with Gasteiger partial charge in [-0.3, -0.25) is 10.6 Å². The predicted octanol–water partition coefficient (Wildman–Crippen LogP) is 1.84. The van der Waals surface area contributed by atoms with Crippen LogP contribution in [-0.2, 0) is 0 Å². The molecule has 1 amide bonds. The van der Waals surface area contributed by atoms with Crippen molar-refractivity contribution in [1.29, 1.82) is 0 Å². The molecule has 20 heavy (non-hydrogen) atoms. The number of nitrogens with two attached hydrogens (primary N) is 1. The molecule has 1 aromatic rings. The van der Waals surface area contributed by atoms with Crippen molar-refractivity contribution in [2.45, 2.75) is 25.8 Å². The van der Waals surface area contributed by atoms with Crippen LogP contribution in [0, 0.1) is 0 Å². The summed E-state index contributed by atoms with van der Waals surface area (Å²) in [4.78, 5) is 14.7. The lowest BCUT2D eigenvalue weighted by atomic mass is 10.0. The number of carbonyl (C=O) groups is 1. The first kappa shape index (κ1) is 15.1. The largest absolute Gasteiger partial charge is 0.348 e. The summed E-state index contributed by atoms with van der Waals surface area (Å²) >= 11 is 5.95. The van der Waals surface area contributed by atoms with Gasteiger partial charge in [0.25, 0.3) is 5.91 Å². The molecule has 1 unspecified atom stereocenters. The van der Waals surface area contributed by atoms with Crippen LogP contribution in [0.15, 0.2) is 18.2 Å². The molecule has 6 heteroatoms. The Labute approximate surface area is 124 Å². The SMILES string of the molecule is CCN1CCCC(NC(=O)c2cc(Cl)ccc2NN)C1. The van der Waals surface area contributed by atoms with E-state index in [1.165, 1.54) is 0 Å². The molecule has 0 aromatic heterocycles. The Morgan fingerprint density at radius 3 is 3.05 bits per heavy atom. The molecule has 0 saturated carbocycles. The molecular formula is C14H21ClN4O. The van der Waals surface area contributed by atoms with Crippen molar-refractivity contribution in [1.82, 2.24) is 10.2 Å². The van der Waals surface area contributed by atoms with Crippen LogP contribution in [0.5, 0.6) is 0 Å². The summed E-state index contributed by atoms with van der Waals surface area (Å²) in [6.45, 7) is 5.15. The van der Waals surface area contributed by atoms with E-state index in [2.05, 4.69) is 22.6 Å². The second-order valence-corrected chi connectivity index (χ2v) is 5.48. The minimum atomic E-state index is -0.136. The van der Waals surface area contributed by atoms with Crippen LogP contribution in [0.1, 0.15) is 30.1 Å². The van der Waals surface area contributed by atoms with Gasteiger partial charge in [-0.05, 0) is 44.1 Å². The highest BCUT2D eigenvalue weighted by Gasteiger charge is 2.22. The molecule has 1 aliphatic rings. The zero-order chi connectivity index (χ0) is 14.5. The summed E-state index contributed by atoms with van der Waals surface area (Å²) in [5.41, 5.74) is 3.59. The summed E-state index contributed by atoms with van der Waals surface area (Å²) in [6, 6.07) is 5.22. The molecule has 1 aromatic carbocycles. The fraction of sp³-hybridized carbons (Fsp3) is 0.500. The second kappa shape index (κ2) is 6.92. The number of nitrogen functional groups attached to an aromatic ring is 1. The van der Waals surface area contributed by atoms with Gasteiger partial charge in [-0.2, -0.15) is 0 Å². The Morgan fingerprint density at radius 1 is 1.55 bits per heavy atom. The third kappa shape index (κ3) is 3.62. The fourth-order valence-electron chi connectivity index (χ4n) is 2.55. The number of rotatable bonds is 4. The maximum absolute atomic E-state index is 12.4. The number of hydrogen-bond acceptors (Lipinski definition) is 4. The lowest BCUT2D eigenvalue weighted by molar-refractivity contribution is 0.0906. The lowest BCUT2D eigenvalue weighted by Gasteiger charge is -2.32. The molecule has 1 aliphatic heterocycles. The van der Waals surface area contributed by atoms with E-state index in [9.17, 15) is 4.79 Å². The van der Waals surface area contributed by atoms with Gasteiger partial charge in [0.2, 0.25) is 0 Å². The van der Waals surface area contributed by atoms with Crippen LogP contribution in [-0.4, -0.2) is 36.5 Å². The Bertz CT molecular complexity index is 480. The number of nitrogens with one attached hydrogen (secondary N) is 2. The molecule has 110 valence electrons. The predicted molar refractivity (Wildman–Crippen MR) is 81.9 cm³/mol. The number of hydrazine groups is 1. The third-order valence-corrected chi connectivity index (χ3v) is 3.90. The van der Waals surface area contributed by atoms with E-state index < -0.39 is 0 Å². The standard InChI is InChI=1S/C14H21ClN4O/c1-2-19-7-3-4-11(9-19)17-14(20)12-8-10(15)5-6-13(12)18-16/h5-6,8,11,18H,2-4,7,9,16H2,1H3,(H,17,20). The van der Waals surface area contributed by atoms with Gasteiger partial charge in [-0.1, -0.05) is 18.5 Å². The third-order valence-electron chi connectivity index (χ3n) is 3.67. The van der Waals surface area contributed by atoms with Crippen molar-refractivity contribution in [3.8, 4) is 0 Å². The number of piperidine rings is 1. The van der Waals surface area contributed by atoms with Crippen LogP contribution in [0.2, 0.25) is 5.02 Å². The molecule has 2 rings (SSSR count). The average molecular weight is 297 g/mol. The van der Waals surface area contributed by atoms with Crippen LogP contribution in [0.4, 0.5) is 5.69 Å². The second-order valence-electron chi connectivity index (χ2n) is 5.04. The van der Waals surface area contributed by atoms with Gasteiger partial charge in [0.1, 0.15) is 0 Å². The molecule has 0 radical (unpaired) electrons. The molecule has 1 heterocycles.